The van der Waals surface area contributed by atoms with E-state index >= 15 is 0 Å². The van der Waals surface area contributed by atoms with Gasteiger partial charge in [-0.25, -0.2) is 0 Å². The van der Waals surface area contributed by atoms with Gasteiger partial charge >= 0.3 is 0 Å². The summed E-state index contributed by atoms with van der Waals surface area (Å²) < 4.78 is 18.0. The van der Waals surface area contributed by atoms with Crippen molar-refractivity contribution in [2.75, 3.05) is 52.4 Å². The molecular weight excluding hydrogens is 400 g/mol. The van der Waals surface area contributed by atoms with E-state index in [0.29, 0.717) is 54.8 Å². The van der Waals surface area contributed by atoms with E-state index in [1.165, 1.54) is 21.3 Å². The fourth-order valence-electron chi connectivity index (χ4n) is 3.82. The summed E-state index contributed by atoms with van der Waals surface area (Å²) in [6, 6.07) is 5.43. The highest BCUT2D eigenvalue weighted by atomic mass is 16.5. The van der Waals surface area contributed by atoms with Crippen molar-refractivity contribution in [2.45, 2.75) is 13.3 Å². The fraction of sp³-hybridized carbons (Fsp3) is 0.429. The van der Waals surface area contributed by atoms with Gasteiger partial charge in [-0.15, -0.1) is 10.2 Å². The molecule has 0 spiro atoms. The first-order valence-electron chi connectivity index (χ1n) is 10.1. The van der Waals surface area contributed by atoms with Crippen molar-refractivity contribution in [3.8, 4) is 17.2 Å². The predicted octanol–water partition coefficient (Wildman–Crippen LogP) is 1.67. The smallest absolute Gasteiger partial charge is 0.256 e. The molecule has 1 aliphatic heterocycles. The van der Waals surface area contributed by atoms with E-state index in [2.05, 4.69) is 33.1 Å². The first-order chi connectivity index (χ1) is 15.1. The van der Waals surface area contributed by atoms with Crippen molar-refractivity contribution < 1.29 is 19.0 Å². The molecule has 31 heavy (non-hydrogen) atoms. The second kappa shape index (κ2) is 8.66. The summed E-state index contributed by atoms with van der Waals surface area (Å²) in [7, 11) is 4.61. The van der Waals surface area contributed by atoms with Crippen LogP contribution >= 0.6 is 0 Å². The lowest BCUT2D eigenvalue weighted by atomic mass is 10.1. The number of amides is 1. The van der Waals surface area contributed by atoms with Gasteiger partial charge in [-0.3, -0.25) is 9.20 Å². The van der Waals surface area contributed by atoms with Crippen LogP contribution in [0.2, 0.25) is 0 Å². The standard InChI is InChI=1S/C21H26N6O4/c1-5-15-12-18(23-21-24-22-13-27(15)21)25-6-8-26(9-7-25)20(28)14-10-16(29-2)19(31-4)17(11-14)30-3/h10-13H,5-9H2,1-4H3. The Labute approximate surface area is 180 Å². The quantitative estimate of drug-likeness (QED) is 0.588. The summed E-state index contributed by atoms with van der Waals surface area (Å²) in [5.41, 5.74) is 1.60. The van der Waals surface area contributed by atoms with Crippen LogP contribution in [-0.4, -0.2) is 77.9 Å². The topological polar surface area (TPSA) is 94.3 Å². The average Bonchev–Trinajstić information content (AvgIpc) is 3.30. The van der Waals surface area contributed by atoms with Crippen LogP contribution in [0.3, 0.4) is 0 Å². The van der Waals surface area contributed by atoms with Crippen LogP contribution < -0.4 is 19.1 Å². The monoisotopic (exact) mass is 426 g/mol. The number of rotatable bonds is 6. The van der Waals surface area contributed by atoms with Gasteiger partial charge in [0.15, 0.2) is 11.5 Å². The molecule has 1 aliphatic rings. The van der Waals surface area contributed by atoms with Crippen molar-refractivity contribution in [3.63, 3.8) is 0 Å². The van der Waals surface area contributed by atoms with Crippen LogP contribution in [0.15, 0.2) is 24.5 Å². The number of fused-ring (bicyclic) bond motifs is 1. The van der Waals surface area contributed by atoms with Crippen molar-refractivity contribution in [3.05, 3.63) is 35.8 Å². The average molecular weight is 426 g/mol. The van der Waals surface area contributed by atoms with Gasteiger partial charge in [-0.05, 0) is 18.6 Å². The molecule has 164 valence electrons. The highest BCUT2D eigenvalue weighted by Crippen LogP contribution is 2.38. The van der Waals surface area contributed by atoms with Crippen LogP contribution in [-0.2, 0) is 6.42 Å². The van der Waals surface area contributed by atoms with Gasteiger partial charge in [0, 0.05) is 43.5 Å². The molecule has 1 fully saturated rings. The van der Waals surface area contributed by atoms with Crippen LogP contribution in [0.1, 0.15) is 23.0 Å². The van der Waals surface area contributed by atoms with Gasteiger partial charge < -0.3 is 24.0 Å². The molecule has 10 heteroatoms. The molecule has 0 bridgehead atoms. The minimum atomic E-state index is -0.0750. The number of benzene rings is 1. The molecule has 0 radical (unpaired) electrons. The summed E-state index contributed by atoms with van der Waals surface area (Å²) in [6.45, 7) is 4.60. The molecule has 1 amide bonds. The molecule has 0 atom stereocenters. The number of hydrogen-bond donors (Lipinski definition) is 0. The maximum absolute atomic E-state index is 13.1. The number of aryl methyl sites for hydroxylation is 1. The summed E-state index contributed by atoms with van der Waals surface area (Å²) >= 11 is 0. The van der Waals surface area contributed by atoms with Crippen molar-refractivity contribution in [1.82, 2.24) is 24.5 Å². The Morgan fingerprint density at radius 3 is 2.26 bits per heavy atom. The van der Waals surface area contributed by atoms with E-state index in [1.54, 1.807) is 18.5 Å². The number of aromatic nitrogens is 4. The van der Waals surface area contributed by atoms with Gasteiger partial charge in [0.05, 0.1) is 21.3 Å². The molecule has 3 heterocycles. The van der Waals surface area contributed by atoms with Crippen LogP contribution in [0.5, 0.6) is 17.2 Å². The van der Waals surface area contributed by atoms with Crippen molar-refractivity contribution in [2.24, 2.45) is 0 Å². The second-order valence-corrected chi connectivity index (χ2v) is 7.15. The zero-order chi connectivity index (χ0) is 22.0. The third-order valence-electron chi connectivity index (χ3n) is 5.51. The molecule has 4 rings (SSSR count). The Kier molecular flexibility index (Phi) is 5.79. The molecule has 10 nitrogen and oxygen atoms in total. The molecule has 0 saturated carbocycles. The Hall–Kier alpha value is -3.56. The molecular formula is C21H26N6O4. The van der Waals surface area contributed by atoms with Gasteiger partial charge in [-0.2, -0.15) is 4.98 Å². The first kappa shape index (κ1) is 20.7. The zero-order valence-corrected chi connectivity index (χ0v) is 18.2. The molecule has 1 aromatic carbocycles. The van der Waals surface area contributed by atoms with E-state index in [1.807, 2.05) is 9.30 Å². The summed E-state index contributed by atoms with van der Waals surface area (Å²) in [4.78, 5) is 21.8. The van der Waals surface area contributed by atoms with Crippen LogP contribution in [0, 0.1) is 0 Å². The lowest BCUT2D eigenvalue weighted by Crippen LogP contribution is -2.49. The van der Waals surface area contributed by atoms with Crippen LogP contribution in [0.4, 0.5) is 5.82 Å². The summed E-state index contributed by atoms with van der Waals surface area (Å²) in [5, 5.41) is 8.04. The van der Waals surface area contributed by atoms with Gasteiger partial charge in [-0.1, -0.05) is 6.92 Å². The van der Waals surface area contributed by atoms with Crippen molar-refractivity contribution in [1.29, 1.82) is 0 Å². The van der Waals surface area contributed by atoms with E-state index in [9.17, 15) is 4.79 Å². The van der Waals surface area contributed by atoms with Gasteiger partial charge in [0.2, 0.25) is 5.75 Å². The molecule has 1 saturated heterocycles. The third kappa shape index (κ3) is 3.80. The third-order valence-corrected chi connectivity index (χ3v) is 5.51. The maximum atomic E-state index is 13.1. The number of anilines is 1. The fourth-order valence-corrected chi connectivity index (χ4v) is 3.82. The molecule has 0 N–H and O–H groups in total. The van der Waals surface area contributed by atoms with Gasteiger partial charge in [0.1, 0.15) is 12.1 Å². The number of carbonyl (C=O) groups is 1. The first-order valence-corrected chi connectivity index (χ1v) is 10.1. The van der Waals surface area contributed by atoms with E-state index in [0.717, 1.165) is 17.9 Å². The number of carbonyl (C=O) groups excluding carboxylic acids is 1. The second-order valence-electron chi connectivity index (χ2n) is 7.15. The minimum Gasteiger partial charge on any atom is -0.493 e. The number of methoxy groups -OCH3 is 3. The van der Waals surface area contributed by atoms with Gasteiger partial charge in [0.25, 0.3) is 11.7 Å². The maximum Gasteiger partial charge on any atom is 0.256 e. The van der Waals surface area contributed by atoms with E-state index in [4.69, 9.17) is 14.2 Å². The lowest BCUT2D eigenvalue weighted by molar-refractivity contribution is 0.0745. The van der Waals surface area contributed by atoms with Crippen LogP contribution in [0.25, 0.3) is 5.78 Å². The largest absolute Gasteiger partial charge is 0.493 e. The van der Waals surface area contributed by atoms with E-state index < -0.39 is 0 Å². The molecule has 0 aliphatic carbocycles. The number of ether oxygens (including phenoxy) is 3. The Morgan fingerprint density at radius 2 is 1.68 bits per heavy atom. The van der Waals surface area contributed by atoms with E-state index in [-0.39, 0.29) is 5.91 Å². The minimum absolute atomic E-state index is 0.0750. The SMILES string of the molecule is CCc1cc(N2CCN(C(=O)c3cc(OC)c(OC)c(OC)c3)CC2)nc2nncn12. The molecule has 0 unspecified atom stereocenters. The van der Waals surface area contributed by atoms with Crippen molar-refractivity contribution >= 4 is 17.5 Å². The highest BCUT2D eigenvalue weighted by molar-refractivity contribution is 5.95. The molecule has 3 aromatic rings. The Morgan fingerprint density at radius 1 is 1.00 bits per heavy atom. The highest BCUT2D eigenvalue weighted by Gasteiger charge is 2.26. The summed E-state index contributed by atoms with van der Waals surface area (Å²) in [6.07, 6.45) is 2.53. The molecule has 2 aromatic heterocycles. The number of hydrogen-bond acceptors (Lipinski definition) is 8. The number of piperazine rings is 1. The normalized spacial score (nSPS) is 14.1. The Bertz CT molecular complexity index is 1070. The summed E-state index contributed by atoms with van der Waals surface area (Å²) in [5.74, 6) is 2.76. The number of nitrogens with zero attached hydrogens (tertiary/aromatic N) is 6. The predicted molar refractivity (Wildman–Crippen MR) is 114 cm³/mol. The zero-order valence-electron chi connectivity index (χ0n) is 18.2. The lowest BCUT2D eigenvalue weighted by Gasteiger charge is -2.35. The Balaban J connectivity index is 1.51.